The lowest BCUT2D eigenvalue weighted by Crippen LogP contribution is -2.44. The van der Waals surface area contributed by atoms with Crippen LogP contribution in [0.5, 0.6) is 5.75 Å². The summed E-state index contributed by atoms with van der Waals surface area (Å²) in [5, 5.41) is 3.11. The van der Waals surface area contributed by atoms with Crippen LogP contribution >= 0.6 is 0 Å². The third-order valence-electron chi connectivity index (χ3n) is 4.89. The van der Waals surface area contributed by atoms with Crippen LogP contribution in [0.15, 0.2) is 24.3 Å². The molecule has 1 atom stereocenters. The summed E-state index contributed by atoms with van der Waals surface area (Å²) in [7, 11) is -3.42. The molecule has 1 heterocycles. The van der Waals surface area contributed by atoms with Crippen molar-refractivity contribution in [1.29, 1.82) is 0 Å². The normalized spacial score (nSPS) is 22.3. The van der Waals surface area contributed by atoms with Crippen molar-refractivity contribution < 1.29 is 17.9 Å². The van der Waals surface area contributed by atoms with E-state index in [9.17, 15) is 13.2 Å². The number of hydrogen-bond donors (Lipinski definition) is 1. The second-order valence-electron chi connectivity index (χ2n) is 6.90. The third kappa shape index (κ3) is 4.45. The average molecular weight is 366 g/mol. The summed E-state index contributed by atoms with van der Waals surface area (Å²) in [5.74, 6) is 0.295. The van der Waals surface area contributed by atoms with Crippen molar-refractivity contribution in [2.24, 2.45) is 0 Å². The van der Waals surface area contributed by atoms with Gasteiger partial charge in [0.15, 0.2) is 6.10 Å². The molecule has 3 rings (SSSR count). The molecule has 0 spiro atoms. The number of amides is 1. The number of ether oxygens (including phenoxy) is 1. The third-order valence-corrected chi connectivity index (χ3v) is 6.07. The minimum Gasteiger partial charge on any atom is -0.478 e. The fourth-order valence-electron chi connectivity index (χ4n) is 3.58. The van der Waals surface area contributed by atoms with E-state index in [-0.39, 0.29) is 18.5 Å². The number of anilines is 1. The van der Waals surface area contributed by atoms with E-state index in [0.717, 1.165) is 25.7 Å². The molecule has 1 aliphatic carbocycles. The van der Waals surface area contributed by atoms with E-state index in [2.05, 4.69) is 5.32 Å². The zero-order valence-electron chi connectivity index (χ0n) is 14.6. The molecule has 0 aromatic heterocycles. The Bertz CT molecular complexity index is 712. The lowest BCUT2D eigenvalue weighted by atomic mass is 10.1. The van der Waals surface area contributed by atoms with Crippen LogP contribution in [0.2, 0.25) is 0 Å². The standard InChI is InChI=1S/C18H26N2O4S/c1-25(22,23)20-13-12-17(24-16-11-7-6-10-15(16)20)18(21)19-14-8-4-2-3-5-9-14/h6-7,10-11,14,17H,2-5,8-9,12-13H2,1H3,(H,19,21). The number of carbonyl (C=O) groups is 1. The Kier molecular flexibility index (Phi) is 5.51. The molecule has 2 aliphatic rings. The van der Waals surface area contributed by atoms with Crippen LogP contribution in [-0.2, 0) is 14.8 Å². The summed E-state index contributed by atoms with van der Waals surface area (Å²) in [6, 6.07) is 7.17. The fourth-order valence-corrected chi connectivity index (χ4v) is 4.52. The van der Waals surface area contributed by atoms with Gasteiger partial charge < -0.3 is 10.1 Å². The largest absolute Gasteiger partial charge is 0.478 e. The molecule has 138 valence electrons. The van der Waals surface area contributed by atoms with Gasteiger partial charge in [-0.25, -0.2) is 8.42 Å². The van der Waals surface area contributed by atoms with Crippen molar-refractivity contribution in [2.75, 3.05) is 17.1 Å². The van der Waals surface area contributed by atoms with Crippen LogP contribution in [-0.4, -0.2) is 39.3 Å². The summed E-state index contributed by atoms with van der Waals surface area (Å²) >= 11 is 0. The topological polar surface area (TPSA) is 75.7 Å². The molecular weight excluding hydrogens is 340 g/mol. The van der Waals surface area contributed by atoms with E-state index in [4.69, 9.17) is 4.74 Å². The first kappa shape index (κ1) is 18.0. The van der Waals surface area contributed by atoms with Crippen molar-refractivity contribution in [3.8, 4) is 5.75 Å². The fraction of sp³-hybridized carbons (Fsp3) is 0.611. The summed E-state index contributed by atoms with van der Waals surface area (Å²) < 4.78 is 31.4. The average Bonchev–Trinajstić information content (AvgIpc) is 2.92. The molecule has 7 heteroatoms. The number of nitrogens with one attached hydrogen (secondary N) is 1. The Morgan fingerprint density at radius 2 is 1.80 bits per heavy atom. The van der Waals surface area contributed by atoms with Crippen LogP contribution in [0.25, 0.3) is 0 Å². The number of benzene rings is 1. The van der Waals surface area contributed by atoms with Crippen molar-refractivity contribution >= 4 is 21.6 Å². The second kappa shape index (κ2) is 7.64. The summed E-state index contributed by atoms with van der Waals surface area (Å²) in [6.07, 6.45) is 7.58. The van der Waals surface area contributed by atoms with E-state index < -0.39 is 16.1 Å². The zero-order valence-corrected chi connectivity index (χ0v) is 15.4. The molecule has 1 fully saturated rings. The first-order valence-corrected chi connectivity index (χ1v) is 10.8. The Morgan fingerprint density at radius 3 is 2.48 bits per heavy atom. The molecule has 1 N–H and O–H groups in total. The highest BCUT2D eigenvalue weighted by atomic mass is 32.2. The molecular formula is C18H26N2O4S. The quantitative estimate of drug-likeness (QED) is 0.834. The summed E-state index contributed by atoms with van der Waals surface area (Å²) in [6.45, 7) is 0.235. The number of rotatable bonds is 3. The maximum absolute atomic E-state index is 12.7. The van der Waals surface area contributed by atoms with Gasteiger partial charge >= 0.3 is 0 Å². The molecule has 25 heavy (non-hydrogen) atoms. The minimum atomic E-state index is -3.42. The predicted octanol–water partition coefficient (Wildman–Crippen LogP) is 2.44. The summed E-state index contributed by atoms with van der Waals surface area (Å²) in [4.78, 5) is 12.7. The van der Waals surface area contributed by atoms with Crippen LogP contribution in [0.3, 0.4) is 0 Å². The maximum Gasteiger partial charge on any atom is 0.261 e. The van der Waals surface area contributed by atoms with Crippen molar-refractivity contribution in [1.82, 2.24) is 5.32 Å². The van der Waals surface area contributed by atoms with Gasteiger partial charge in [0.2, 0.25) is 10.0 Å². The molecule has 1 amide bonds. The highest BCUT2D eigenvalue weighted by Gasteiger charge is 2.31. The zero-order chi connectivity index (χ0) is 17.9. The molecule has 1 unspecified atom stereocenters. The molecule has 0 bridgehead atoms. The van der Waals surface area contributed by atoms with Crippen LogP contribution in [0, 0.1) is 0 Å². The Labute approximate surface area is 149 Å². The Balaban J connectivity index is 1.75. The highest BCUT2D eigenvalue weighted by Crippen LogP contribution is 2.33. The van der Waals surface area contributed by atoms with E-state index in [1.165, 1.54) is 23.4 Å². The molecule has 1 aliphatic heterocycles. The smallest absolute Gasteiger partial charge is 0.261 e. The van der Waals surface area contributed by atoms with Gasteiger partial charge in [-0.3, -0.25) is 9.10 Å². The van der Waals surface area contributed by atoms with Crippen LogP contribution in [0.1, 0.15) is 44.9 Å². The number of nitrogens with zero attached hydrogens (tertiary/aromatic N) is 1. The van der Waals surface area contributed by atoms with Crippen molar-refractivity contribution in [2.45, 2.75) is 57.1 Å². The molecule has 0 radical (unpaired) electrons. The van der Waals surface area contributed by atoms with Gasteiger partial charge in [0.25, 0.3) is 5.91 Å². The molecule has 1 saturated carbocycles. The van der Waals surface area contributed by atoms with E-state index in [1.54, 1.807) is 24.3 Å². The van der Waals surface area contributed by atoms with Gasteiger partial charge in [-0.1, -0.05) is 37.8 Å². The van der Waals surface area contributed by atoms with Gasteiger partial charge in [-0.15, -0.1) is 0 Å². The number of carbonyl (C=O) groups excluding carboxylic acids is 1. The molecule has 1 aromatic rings. The molecule has 6 nitrogen and oxygen atoms in total. The van der Waals surface area contributed by atoms with Gasteiger partial charge in [-0.05, 0) is 25.0 Å². The lowest BCUT2D eigenvalue weighted by Gasteiger charge is -2.21. The van der Waals surface area contributed by atoms with Gasteiger partial charge in [0.1, 0.15) is 5.75 Å². The number of hydrogen-bond acceptors (Lipinski definition) is 4. The van der Waals surface area contributed by atoms with E-state index >= 15 is 0 Å². The van der Waals surface area contributed by atoms with Crippen LogP contribution in [0.4, 0.5) is 5.69 Å². The monoisotopic (exact) mass is 366 g/mol. The lowest BCUT2D eigenvalue weighted by molar-refractivity contribution is -0.128. The molecule has 0 saturated heterocycles. The Morgan fingerprint density at radius 1 is 1.12 bits per heavy atom. The number of sulfonamides is 1. The number of para-hydroxylation sites is 2. The first-order chi connectivity index (χ1) is 11.9. The minimum absolute atomic E-state index is 0.142. The van der Waals surface area contributed by atoms with E-state index in [1.807, 2.05) is 0 Å². The second-order valence-corrected chi connectivity index (χ2v) is 8.80. The van der Waals surface area contributed by atoms with Crippen LogP contribution < -0.4 is 14.4 Å². The van der Waals surface area contributed by atoms with Crippen molar-refractivity contribution in [3.05, 3.63) is 24.3 Å². The van der Waals surface area contributed by atoms with Gasteiger partial charge in [0, 0.05) is 19.0 Å². The van der Waals surface area contributed by atoms with Gasteiger partial charge in [0.05, 0.1) is 11.9 Å². The predicted molar refractivity (Wildman–Crippen MR) is 97.3 cm³/mol. The van der Waals surface area contributed by atoms with E-state index in [0.29, 0.717) is 17.9 Å². The SMILES string of the molecule is CS(=O)(=O)N1CCC(C(=O)NC2CCCCCC2)Oc2ccccc21. The summed E-state index contributed by atoms with van der Waals surface area (Å²) in [5.41, 5.74) is 0.495. The number of fused-ring (bicyclic) bond motifs is 1. The maximum atomic E-state index is 12.7. The first-order valence-electron chi connectivity index (χ1n) is 8.99. The Hall–Kier alpha value is -1.76. The van der Waals surface area contributed by atoms with Crippen molar-refractivity contribution in [3.63, 3.8) is 0 Å². The van der Waals surface area contributed by atoms with Gasteiger partial charge in [-0.2, -0.15) is 0 Å². The molecule has 1 aromatic carbocycles. The highest BCUT2D eigenvalue weighted by molar-refractivity contribution is 7.92.